The number of thioether (sulfide) groups is 1. The van der Waals surface area contributed by atoms with E-state index in [1.807, 2.05) is 18.2 Å². The number of carbonyl (C=O) groups excluding carboxylic acids is 1. The topological polar surface area (TPSA) is 41.5 Å². The van der Waals surface area contributed by atoms with Crippen molar-refractivity contribution in [3.05, 3.63) is 69.7 Å². The molecule has 0 unspecified atom stereocenters. The highest BCUT2D eigenvalue weighted by Gasteiger charge is 2.01. The van der Waals surface area contributed by atoms with Crippen LogP contribution in [0.2, 0.25) is 10.0 Å². The molecular weight excluding hydrogens is 351 g/mol. The predicted molar refractivity (Wildman–Crippen MR) is 99.7 cm³/mol. The summed E-state index contributed by atoms with van der Waals surface area (Å²) in [5.41, 5.74) is 4.47. The summed E-state index contributed by atoms with van der Waals surface area (Å²) < 4.78 is 0. The molecule has 0 bridgehead atoms. The number of hydrogen-bond acceptors (Lipinski definition) is 3. The summed E-state index contributed by atoms with van der Waals surface area (Å²) in [4.78, 5) is 11.7. The second-order valence-corrected chi connectivity index (χ2v) is 6.70. The maximum atomic E-state index is 11.7. The van der Waals surface area contributed by atoms with Gasteiger partial charge in [-0.2, -0.15) is 16.9 Å². The van der Waals surface area contributed by atoms with Gasteiger partial charge in [-0.3, -0.25) is 4.79 Å². The van der Waals surface area contributed by atoms with Crippen LogP contribution in [0.3, 0.4) is 0 Å². The van der Waals surface area contributed by atoms with Crippen molar-refractivity contribution in [3.8, 4) is 0 Å². The summed E-state index contributed by atoms with van der Waals surface area (Å²) >= 11 is 13.4. The minimum atomic E-state index is -0.135. The molecule has 0 aromatic heterocycles. The second kappa shape index (κ2) is 9.60. The molecule has 2 aromatic carbocycles. The van der Waals surface area contributed by atoms with Crippen LogP contribution in [0.1, 0.15) is 11.1 Å². The zero-order chi connectivity index (χ0) is 16.5. The van der Waals surface area contributed by atoms with Crippen molar-refractivity contribution in [1.29, 1.82) is 0 Å². The van der Waals surface area contributed by atoms with E-state index in [0.717, 1.165) is 12.2 Å². The Morgan fingerprint density at radius 3 is 2.70 bits per heavy atom. The fourth-order valence-electron chi connectivity index (χ4n) is 1.81. The molecule has 0 aliphatic heterocycles. The highest BCUT2D eigenvalue weighted by Crippen LogP contribution is 2.19. The van der Waals surface area contributed by atoms with Gasteiger partial charge in [-0.05, 0) is 29.9 Å². The number of halogens is 2. The van der Waals surface area contributed by atoms with Gasteiger partial charge in [0.15, 0.2) is 0 Å². The molecule has 0 fully saturated rings. The van der Waals surface area contributed by atoms with Crippen molar-refractivity contribution in [2.45, 2.75) is 6.42 Å². The molecule has 6 heteroatoms. The van der Waals surface area contributed by atoms with Gasteiger partial charge in [0, 0.05) is 10.6 Å². The highest BCUT2D eigenvalue weighted by molar-refractivity contribution is 7.99. The average molecular weight is 367 g/mol. The van der Waals surface area contributed by atoms with Gasteiger partial charge in [0.25, 0.3) is 0 Å². The Labute approximate surface area is 150 Å². The molecule has 1 amide bonds. The molecule has 0 heterocycles. The van der Waals surface area contributed by atoms with Gasteiger partial charge < -0.3 is 0 Å². The van der Waals surface area contributed by atoms with E-state index < -0.39 is 0 Å². The summed E-state index contributed by atoms with van der Waals surface area (Å²) in [5.74, 6) is 1.13. The summed E-state index contributed by atoms with van der Waals surface area (Å²) in [6.45, 7) is 0. The largest absolute Gasteiger partial charge is 0.272 e. The van der Waals surface area contributed by atoms with Gasteiger partial charge in [0.05, 0.1) is 17.0 Å². The molecule has 0 atom stereocenters. The van der Waals surface area contributed by atoms with Crippen LogP contribution in [0.25, 0.3) is 0 Å². The fraction of sp³-hybridized carbons (Fsp3) is 0.176. The van der Waals surface area contributed by atoms with E-state index in [4.69, 9.17) is 23.2 Å². The summed E-state index contributed by atoms with van der Waals surface area (Å²) in [7, 11) is 0. The van der Waals surface area contributed by atoms with Crippen LogP contribution in [-0.2, 0) is 11.2 Å². The van der Waals surface area contributed by atoms with Crippen molar-refractivity contribution in [1.82, 2.24) is 5.43 Å². The molecule has 0 radical (unpaired) electrons. The lowest BCUT2D eigenvalue weighted by molar-refractivity contribution is -0.118. The van der Waals surface area contributed by atoms with Crippen LogP contribution in [0.5, 0.6) is 0 Å². The maximum absolute atomic E-state index is 11.7. The van der Waals surface area contributed by atoms with Gasteiger partial charge in [0.2, 0.25) is 5.91 Å². The van der Waals surface area contributed by atoms with E-state index in [2.05, 4.69) is 22.7 Å². The maximum Gasteiger partial charge on any atom is 0.250 e. The Morgan fingerprint density at radius 2 is 1.96 bits per heavy atom. The SMILES string of the molecule is O=C(CSCCc1ccccc1)N/N=C\c1ccc(Cl)cc1Cl. The van der Waals surface area contributed by atoms with E-state index in [1.165, 1.54) is 11.8 Å². The molecule has 0 aliphatic rings. The van der Waals surface area contributed by atoms with Crippen molar-refractivity contribution < 1.29 is 4.79 Å². The molecular formula is C17H16Cl2N2OS. The van der Waals surface area contributed by atoms with Crippen molar-refractivity contribution in [2.24, 2.45) is 5.10 Å². The van der Waals surface area contributed by atoms with Gasteiger partial charge in [0.1, 0.15) is 0 Å². The lowest BCUT2D eigenvalue weighted by Crippen LogP contribution is -2.20. The first kappa shape index (κ1) is 17.9. The minimum Gasteiger partial charge on any atom is -0.272 e. The lowest BCUT2D eigenvalue weighted by Gasteiger charge is -2.02. The van der Waals surface area contributed by atoms with Crippen LogP contribution in [0.4, 0.5) is 0 Å². The predicted octanol–water partition coefficient (Wildman–Crippen LogP) is 4.42. The number of aryl methyl sites for hydroxylation is 1. The number of rotatable bonds is 7. The summed E-state index contributed by atoms with van der Waals surface area (Å²) in [6, 6.07) is 15.3. The normalized spacial score (nSPS) is 10.9. The first-order valence-corrected chi connectivity index (χ1v) is 8.95. The molecule has 2 aromatic rings. The van der Waals surface area contributed by atoms with E-state index in [-0.39, 0.29) is 5.91 Å². The van der Waals surface area contributed by atoms with Crippen LogP contribution >= 0.6 is 35.0 Å². The van der Waals surface area contributed by atoms with Gasteiger partial charge in [-0.1, -0.05) is 59.6 Å². The fourth-order valence-corrected chi connectivity index (χ4v) is 3.04. The van der Waals surface area contributed by atoms with E-state index in [1.54, 1.807) is 30.0 Å². The Kier molecular flexibility index (Phi) is 7.46. The van der Waals surface area contributed by atoms with E-state index >= 15 is 0 Å². The molecule has 2 rings (SSSR count). The van der Waals surface area contributed by atoms with Crippen LogP contribution in [-0.4, -0.2) is 23.6 Å². The Hall–Kier alpha value is -1.49. The molecule has 3 nitrogen and oxygen atoms in total. The Balaban J connectivity index is 1.67. The molecule has 120 valence electrons. The number of hydrogen-bond donors (Lipinski definition) is 1. The third kappa shape index (κ3) is 6.65. The van der Waals surface area contributed by atoms with Crippen LogP contribution in [0, 0.1) is 0 Å². The van der Waals surface area contributed by atoms with Crippen molar-refractivity contribution in [2.75, 3.05) is 11.5 Å². The quantitative estimate of drug-likeness (QED) is 0.447. The third-order valence-electron chi connectivity index (χ3n) is 2.97. The lowest BCUT2D eigenvalue weighted by atomic mass is 10.2. The number of benzene rings is 2. The van der Waals surface area contributed by atoms with Crippen molar-refractivity contribution >= 4 is 47.1 Å². The number of nitrogens with zero attached hydrogens (tertiary/aromatic N) is 1. The van der Waals surface area contributed by atoms with Crippen LogP contribution in [0.15, 0.2) is 53.6 Å². The van der Waals surface area contributed by atoms with E-state index in [0.29, 0.717) is 21.4 Å². The second-order valence-electron chi connectivity index (χ2n) is 4.75. The minimum absolute atomic E-state index is 0.135. The number of nitrogens with one attached hydrogen (secondary N) is 1. The molecule has 0 saturated heterocycles. The number of carbonyl (C=O) groups is 1. The van der Waals surface area contributed by atoms with E-state index in [9.17, 15) is 4.79 Å². The monoisotopic (exact) mass is 366 g/mol. The zero-order valence-corrected chi connectivity index (χ0v) is 14.7. The molecule has 0 aliphatic carbocycles. The number of hydrazone groups is 1. The van der Waals surface area contributed by atoms with Gasteiger partial charge in [-0.25, -0.2) is 5.43 Å². The highest BCUT2D eigenvalue weighted by atomic mass is 35.5. The summed E-state index contributed by atoms with van der Waals surface area (Å²) in [5, 5.41) is 4.96. The Bertz CT molecular complexity index is 678. The Morgan fingerprint density at radius 1 is 1.17 bits per heavy atom. The first-order valence-electron chi connectivity index (χ1n) is 7.04. The smallest absolute Gasteiger partial charge is 0.250 e. The molecule has 0 saturated carbocycles. The van der Waals surface area contributed by atoms with Gasteiger partial charge >= 0.3 is 0 Å². The van der Waals surface area contributed by atoms with Crippen molar-refractivity contribution in [3.63, 3.8) is 0 Å². The number of amides is 1. The van der Waals surface area contributed by atoms with Gasteiger partial charge in [-0.15, -0.1) is 0 Å². The first-order chi connectivity index (χ1) is 11.1. The van der Waals surface area contributed by atoms with Crippen LogP contribution < -0.4 is 5.43 Å². The molecule has 1 N–H and O–H groups in total. The average Bonchev–Trinajstić information content (AvgIpc) is 2.55. The third-order valence-corrected chi connectivity index (χ3v) is 4.49. The summed E-state index contributed by atoms with van der Waals surface area (Å²) in [6.07, 6.45) is 2.45. The zero-order valence-electron chi connectivity index (χ0n) is 12.3. The molecule has 23 heavy (non-hydrogen) atoms. The molecule has 0 spiro atoms. The standard InChI is InChI=1S/C17H16Cl2N2OS/c18-15-7-6-14(16(19)10-15)11-20-21-17(22)12-23-9-8-13-4-2-1-3-5-13/h1-7,10-11H,8-9,12H2,(H,21,22)/b20-11-.